The third-order valence-electron chi connectivity index (χ3n) is 15.5. The first kappa shape index (κ1) is 68.1. The van der Waals surface area contributed by atoms with Gasteiger partial charge in [-0.25, -0.2) is 38.5 Å². The summed E-state index contributed by atoms with van der Waals surface area (Å²) < 4.78 is 75.0. The number of phenols is 1. The number of amides is 3. The third-order valence-corrected chi connectivity index (χ3v) is 17.6. The zero-order chi connectivity index (χ0) is 67.2. The molecule has 33 nitrogen and oxygen atoms in total. The number of nitrogens with one attached hydrogen (secondary N) is 3. The fourth-order valence-electron chi connectivity index (χ4n) is 11.0. The van der Waals surface area contributed by atoms with E-state index < -0.39 is 114 Å². The van der Waals surface area contributed by atoms with Gasteiger partial charge in [-0.15, -0.1) is 0 Å². The van der Waals surface area contributed by atoms with Crippen LogP contribution in [0.3, 0.4) is 0 Å². The number of nitrogens with zero attached hydrogens (tertiary/aromatic N) is 7. The minimum absolute atomic E-state index is 0.0280. The highest BCUT2D eigenvalue weighted by molar-refractivity contribution is 7.47. The van der Waals surface area contributed by atoms with Crippen molar-refractivity contribution in [2.75, 3.05) is 63.5 Å². The number of unbranched alkanes of at least 4 members (excludes halogenated alkanes) is 2. The minimum atomic E-state index is -5.29. The predicted octanol–water partition coefficient (Wildman–Crippen LogP) is 4.00. The molecule has 10 rings (SSSR count). The highest BCUT2D eigenvalue weighted by atomic mass is 31.2. The Morgan fingerprint density at radius 3 is 2.37 bits per heavy atom. The molecule has 500 valence electrons. The number of hydrogen-bond donors (Lipinski definition) is 11. The van der Waals surface area contributed by atoms with E-state index in [4.69, 9.17) is 48.2 Å². The fraction of sp³-hybridized carbons (Fsp3) is 0.373. The van der Waals surface area contributed by atoms with E-state index in [0.29, 0.717) is 58.4 Å². The molecular formula is C59H68N12O21P2. The van der Waals surface area contributed by atoms with Crippen LogP contribution in [0.1, 0.15) is 60.5 Å². The maximum Gasteiger partial charge on any atom is 0.472 e. The lowest BCUT2D eigenvalue weighted by atomic mass is 9.90. The Labute approximate surface area is 533 Å². The first-order valence-corrected chi connectivity index (χ1v) is 32.3. The number of rotatable bonds is 28. The lowest BCUT2D eigenvalue weighted by Crippen LogP contribution is -2.53. The molecule has 11 atom stereocenters. The smallest absolute Gasteiger partial charge is 0.472 e. The molecule has 3 aliphatic heterocycles. The van der Waals surface area contributed by atoms with Crippen molar-refractivity contribution in [1.29, 1.82) is 0 Å². The third kappa shape index (κ3) is 16.0. The van der Waals surface area contributed by atoms with Gasteiger partial charge in [-0.3, -0.25) is 36.8 Å². The lowest BCUT2D eigenvalue weighted by molar-refractivity contribution is -0.124. The van der Waals surface area contributed by atoms with Crippen LogP contribution in [0.25, 0.3) is 44.6 Å². The Morgan fingerprint density at radius 1 is 0.883 bits per heavy atom. The number of aliphatic hydroxyl groups excluding tert-OH is 2. The van der Waals surface area contributed by atoms with Gasteiger partial charge in [0.15, 0.2) is 28.6 Å². The van der Waals surface area contributed by atoms with Gasteiger partial charge in [0.1, 0.15) is 65.6 Å². The molecule has 3 unspecified atom stereocenters. The molecule has 1 aliphatic carbocycles. The van der Waals surface area contributed by atoms with Gasteiger partial charge in [-0.1, -0.05) is 31.0 Å². The Kier molecular flexibility index (Phi) is 21.2. The second kappa shape index (κ2) is 29.2. The molecule has 0 spiro atoms. The Hall–Kier alpha value is -8.79. The van der Waals surface area contributed by atoms with E-state index in [1.54, 1.807) is 49.3 Å². The van der Waals surface area contributed by atoms with Crippen LogP contribution in [0.2, 0.25) is 0 Å². The molecule has 35 heteroatoms. The summed E-state index contributed by atoms with van der Waals surface area (Å²) >= 11 is 0. The second-order valence-electron chi connectivity index (χ2n) is 22.3. The number of benzene rings is 4. The van der Waals surface area contributed by atoms with Gasteiger partial charge in [0, 0.05) is 67.6 Å². The normalized spacial score (nSPS) is 20.7. The summed E-state index contributed by atoms with van der Waals surface area (Å²) in [7, 11) is -5.39. The standard InChI is InChI=1S/C59H68N12O21P2/c1-69(2)53-51-54(64-29-63-53)71(30-65-51)56-52(75)50(68-55(76)41(60)21-31-8-13-35(85-3)14-9-31)46(90-56)28-87-94(83,84)92-44-25-48(70-20-18-47(61)67-59(70)80)89-45(44)27-86-93(81,82)91-36(26-72)7-5-4-6-19-62-58(79)66-32-10-15-37(40(22-32)57(77)78)49-38-16-11-33(73)23-42(38)88-43-24-34(74)12-17-39(43)49/h8-18,20,22-24,29-30,36,41,44-46,48,50,52,56,72-73,75H,4-7,19,21,25-28,60H2,1-3H3,(H,68,76)(H,77,78)(H,81,82)(H,83,84)(H2,61,67,80)(H2,62,66,79)/t36?,41-,44-,45+,46+,48+,50-,52+,56+/m0/s1. The largest absolute Gasteiger partial charge is 0.508 e. The number of urea groups is 1. The van der Waals surface area contributed by atoms with Gasteiger partial charge < -0.3 is 81.2 Å². The molecule has 94 heavy (non-hydrogen) atoms. The number of carboxylic acids is 1. The van der Waals surface area contributed by atoms with Crippen molar-refractivity contribution < 1.29 is 90.4 Å². The average molecular weight is 1340 g/mol. The number of carboxylic acid groups (broad SMARTS) is 1. The van der Waals surface area contributed by atoms with E-state index in [-0.39, 0.29) is 76.6 Å². The highest BCUT2D eigenvalue weighted by Crippen LogP contribution is 2.51. The number of methoxy groups -OCH3 is 1. The molecule has 6 heterocycles. The number of phenolic OH excluding ortho intramolecular Hbond substituents is 1. The maximum absolute atomic E-state index is 14.0. The number of hydrogen-bond acceptors (Lipinski definition) is 25. The van der Waals surface area contributed by atoms with E-state index in [9.17, 15) is 63.3 Å². The van der Waals surface area contributed by atoms with Crippen LogP contribution in [0.15, 0.2) is 118 Å². The molecule has 0 saturated carbocycles. The Balaban J connectivity index is 0.742. The van der Waals surface area contributed by atoms with Gasteiger partial charge in [0.2, 0.25) is 5.91 Å². The number of phosphoric ester groups is 2. The van der Waals surface area contributed by atoms with E-state index in [1.807, 2.05) is 0 Å². The van der Waals surface area contributed by atoms with Gasteiger partial charge in [-0.2, -0.15) is 4.98 Å². The summed E-state index contributed by atoms with van der Waals surface area (Å²) in [5, 5.41) is 51.0. The van der Waals surface area contributed by atoms with Crippen LogP contribution in [0, 0.1) is 0 Å². The first-order valence-electron chi connectivity index (χ1n) is 29.3. The molecular weight excluding hydrogens is 1270 g/mol. The number of aromatic hydroxyl groups is 1. The SMILES string of the molecule is COc1ccc(C[C@H](N)C(=O)N[C@@H]2[C@@H](O)[C@H](n3cnc4c(N(C)C)ncnc43)O[C@@H]2COP(=O)(O)O[C@H]2C[C@H](n3ccc(N)nc3=O)O[C@@H]2COP(=O)(O)OC(CO)CCCCCNC(=O)Nc2ccc(-c3c4ccc(=O)cc-4oc4cc(O)ccc34)c(C(=O)O)c2)cc1. The lowest BCUT2D eigenvalue weighted by Gasteiger charge is -2.25. The maximum atomic E-state index is 14.0. The number of aliphatic hydroxyl groups is 2. The van der Waals surface area contributed by atoms with E-state index in [1.165, 1.54) is 85.1 Å². The van der Waals surface area contributed by atoms with Crippen LogP contribution in [0.4, 0.5) is 22.1 Å². The van der Waals surface area contributed by atoms with Crippen molar-refractivity contribution in [2.24, 2.45) is 5.73 Å². The number of aromatic nitrogens is 6. The quantitative estimate of drug-likeness (QED) is 0.0187. The summed E-state index contributed by atoms with van der Waals surface area (Å²) in [5.74, 6) is -1.09. The van der Waals surface area contributed by atoms with Crippen molar-refractivity contribution >= 4 is 73.0 Å². The van der Waals surface area contributed by atoms with Gasteiger partial charge in [0.25, 0.3) is 0 Å². The fourth-order valence-corrected chi connectivity index (χ4v) is 12.9. The predicted molar refractivity (Wildman–Crippen MR) is 335 cm³/mol. The molecule has 6 aromatic rings. The van der Waals surface area contributed by atoms with Crippen LogP contribution in [0.5, 0.6) is 11.5 Å². The average Bonchev–Trinajstić information content (AvgIpc) is 0.889. The Morgan fingerprint density at radius 2 is 1.64 bits per heavy atom. The molecule has 3 amide bonds. The molecule has 2 fully saturated rings. The number of carbonyl (C=O) groups excluding carboxylic acids is 2. The topological polar surface area (TPSA) is 471 Å². The monoisotopic (exact) mass is 1340 g/mol. The molecule has 2 saturated heterocycles. The molecule has 4 aliphatic rings. The minimum Gasteiger partial charge on any atom is -0.508 e. The van der Waals surface area contributed by atoms with Crippen molar-refractivity contribution in [3.05, 3.63) is 136 Å². The zero-order valence-electron chi connectivity index (χ0n) is 50.6. The van der Waals surface area contributed by atoms with Gasteiger partial charge in [-0.05, 0) is 85.0 Å². The summed E-state index contributed by atoms with van der Waals surface area (Å²) in [6, 6.07) is 17.7. The van der Waals surface area contributed by atoms with Crippen LogP contribution in [-0.2, 0) is 47.9 Å². The molecule has 3 aromatic carbocycles. The van der Waals surface area contributed by atoms with Crippen LogP contribution < -0.4 is 48.2 Å². The molecule has 13 N–H and O–H groups in total. The molecule has 0 bridgehead atoms. The number of ether oxygens (including phenoxy) is 3. The summed E-state index contributed by atoms with van der Waals surface area (Å²) in [6.07, 6.45) is -5.20. The van der Waals surface area contributed by atoms with Crippen molar-refractivity contribution in [3.63, 3.8) is 0 Å². The summed E-state index contributed by atoms with van der Waals surface area (Å²) in [5.41, 5.74) is 13.4. The van der Waals surface area contributed by atoms with E-state index in [2.05, 4.69) is 35.9 Å². The molecule has 0 radical (unpaired) electrons. The summed E-state index contributed by atoms with van der Waals surface area (Å²) in [6.45, 7) is -2.29. The van der Waals surface area contributed by atoms with Crippen molar-refractivity contribution in [1.82, 2.24) is 39.7 Å². The highest BCUT2D eigenvalue weighted by Gasteiger charge is 2.49. The number of imidazole rings is 1. The number of phosphoric acid groups is 2. The van der Waals surface area contributed by atoms with E-state index in [0.717, 1.165) is 4.57 Å². The number of fused-ring (bicyclic) bond motifs is 3. The van der Waals surface area contributed by atoms with Crippen molar-refractivity contribution in [3.8, 4) is 33.9 Å². The Bertz CT molecular complexity index is 4250. The van der Waals surface area contributed by atoms with Crippen molar-refractivity contribution in [2.45, 2.75) is 93.6 Å². The number of nitrogens with two attached hydrogens (primary N) is 2. The second-order valence-corrected chi connectivity index (χ2v) is 25.1. The van der Waals surface area contributed by atoms with E-state index >= 15 is 0 Å². The number of carbonyl (C=O) groups is 3. The van der Waals surface area contributed by atoms with Crippen LogP contribution >= 0.6 is 15.6 Å². The number of nitrogen functional groups attached to an aromatic ring is 1. The van der Waals surface area contributed by atoms with Gasteiger partial charge >= 0.3 is 33.3 Å². The number of aromatic carboxylic acids is 1. The first-order chi connectivity index (χ1) is 44.9. The van der Waals surface area contributed by atoms with Gasteiger partial charge in [0.05, 0.1) is 57.0 Å². The van der Waals surface area contributed by atoms with Crippen LogP contribution in [-0.4, -0.2) is 167 Å². The molecule has 3 aromatic heterocycles. The number of anilines is 3. The summed E-state index contributed by atoms with van der Waals surface area (Å²) in [4.78, 5) is 105. The zero-order valence-corrected chi connectivity index (χ0v) is 52.4.